The molecule has 1 atom stereocenters. The van der Waals surface area contributed by atoms with Gasteiger partial charge in [-0.2, -0.15) is 0 Å². The summed E-state index contributed by atoms with van der Waals surface area (Å²) < 4.78 is 15.4. The van der Waals surface area contributed by atoms with Crippen molar-refractivity contribution in [1.29, 1.82) is 0 Å². The smallest absolute Gasteiger partial charge is 0.261 e. The van der Waals surface area contributed by atoms with Gasteiger partial charge in [0.25, 0.3) is 5.56 Å². The van der Waals surface area contributed by atoms with Crippen LogP contribution < -0.4 is 5.56 Å². The standard InChI is InChI=1S/C19H16FN3O2S/c20-15-7-3-1-5-13(15)19-23(9-10-26-19)17(24)11-22-12-21-16-8-4-2-6-14(16)18(22)25/h1-8,12,19H,9-11H2/t19-/m0/s1. The number of rotatable bonds is 3. The van der Waals surface area contributed by atoms with E-state index in [2.05, 4.69) is 4.98 Å². The van der Waals surface area contributed by atoms with Gasteiger partial charge in [0.1, 0.15) is 17.7 Å². The van der Waals surface area contributed by atoms with Gasteiger partial charge in [0, 0.05) is 17.9 Å². The number of thioether (sulfide) groups is 1. The molecule has 132 valence electrons. The van der Waals surface area contributed by atoms with E-state index in [-0.39, 0.29) is 29.2 Å². The van der Waals surface area contributed by atoms with Gasteiger partial charge in [-0.1, -0.05) is 30.3 Å². The third-order valence-corrected chi connectivity index (χ3v) is 5.66. The lowest BCUT2D eigenvalue weighted by molar-refractivity contribution is -0.132. The van der Waals surface area contributed by atoms with E-state index in [1.165, 1.54) is 28.7 Å². The average Bonchev–Trinajstić information content (AvgIpc) is 3.14. The molecule has 1 saturated heterocycles. The van der Waals surface area contributed by atoms with Crippen LogP contribution in [0.5, 0.6) is 0 Å². The molecule has 0 aliphatic carbocycles. The number of carbonyl (C=O) groups is 1. The molecule has 0 radical (unpaired) electrons. The third-order valence-electron chi connectivity index (χ3n) is 4.42. The molecular weight excluding hydrogens is 353 g/mol. The van der Waals surface area contributed by atoms with Crippen LogP contribution in [0.15, 0.2) is 59.7 Å². The van der Waals surface area contributed by atoms with Gasteiger partial charge in [-0.3, -0.25) is 14.2 Å². The lowest BCUT2D eigenvalue weighted by atomic mass is 10.2. The molecule has 1 fully saturated rings. The van der Waals surface area contributed by atoms with E-state index in [9.17, 15) is 14.0 Å². The Morgan fingerprint density at radius 3 is 2.81 bits per heavy atom. The molecule has 2 aromatic carbocycles. The summed E-state index contributed by atoms with van der Waals surface area (Å²) in [5, 5.41) is 0.108. The Balaban J connectivity index is 1.61. The number of nitrogens with zero attached hydrogens (tertiary/aromatic N) is 3. The molecule has 7 heteroatoms. The number of benzene rings is 2. The zero-order chi connectivity index (χ0) is 18.1. The fourth-order valence-electron chi connectivity index (χ4n) is 3.11. The summed E-state index contributed by atoms with van der Waals surface area (Å²) in [5.74, 6) is 0.187. The predicted molar refractivity (Wildman–Crippen MR) is 99.3 cm³/mol. The summed E-state index contributed by atoms with van der Waals surface area (Å²) in [6.45, 7) is 0.417. The van der Waals surface area contributed by atoms with Crippen LogP contribution in [0, 0.1) is 5.82 Å². The summed E-state index contributed by atoms with van der Waals surface area (Å²) in [5.41, 5.74) is 0.840. The average molecular weight is 369 g/mol. The molecule has 1 aliphatic rings. The second-order valence-electron chi connectivity index (χ2n) is 6.03. The zero-order valence-electron chi connectivity index (χ0n) is 13.8. The lowest BCUT2D eigenvalue weighted by Gasteiger charge is -2.24. The highest BCUT2D eigenvalue weighted by molar-refractivity contribution is 7.99. The highest BCUT2D eigenvalue weighted by atomic mass is 32.2. The van der Waals surface area contributed by atoms with Gasteiger partial charge in [0.2, 0.25) is 5.91 Å². The Kier molecular flexibility index (Phi) is 4.46. The maximum Gasteiger partial charge on any atom is 0.261 e. The maximum atomic E-state index is 14.1. The van der Waals surface area contributed by atoms with Crippen molar-refractivity contribution in [2.75, 3.05) is 12.3 Å². The minimum atomic E-state index is -0.368. The molecule has 2 heterocycles. The molecular formula is C19H16FN3O2S. The van der Waals surface area contributed by atoms with Gasteiger partial charge < -0.3 is 4.90 Å². The van der Waals surface area contributed by atoms with Crippen LogP contribution in [0.1, 0.15) is 10.9 Å². The Bertz CT molecular complexity index is 1040. The van der Waals surface area contributed by atoms with E-state index in [1.807, 2.05) is 6.07 Å². The zero-order valence-corrected chi connectivity index (χ0v) is 14.7. The SMILES string of the molecule is O=C(Cn1cnc2ccccc2c1=O)N1CCS[C@H]1c1ccccc1F. The first kappa shape index (κ1) is 16.8. The molecule has 1 aliphatic heterocycles. The van der Waals surface area contributed by atoms with Crippen molar-refractivity contribution < 1.29 is 9.18 Å². The number of hydrogen-bond donors (Lipinski definition) is 0. The van der Waals surface area contributed by atoms with E-state index in [0.29, 0.717) is 23.0 Å². The molecule has 1 amide bonds. The minimum absolute atomic E-state index is 0.109. The summed E-state index contributed by atoms with van der Waals surface area (Å²) in [4.78, 5) is 31.2. The van der Waals surface area contributed by atoms with Crippen LogP contribution in [0.4, 0.5) is 4.39 Å². The number of para-hydroxylation sites is 1. The maximum absolute atomic E-state index is 14.1. The molecule has 26 heavy (non-hydrogen) atoms. The van der Waals surface area contributed by atoms with E-state index < -0.39 is 0 Å². The van der Waals surface area contributed by atoms with Crippen molar-refractivity contribution in [2.24, 2.45) is 0 Å². The van der Waals surface area contributed by atoms with Crippen LogP contribution in [0.2, 0.25) is 0 Å². The Hall–Kier alpha value is -2.67. The molecule has 0 bridgehead atoms. The van der Waals surface area contributed by atoms with Gasteiger partial charge in [0.05, 0.1) is 17.2 Å². The highest BCUT2D eigenvalue weighted by Crippen LogP contribution is 2.38. The van der Waals surface area contributed by atoms with Gasteiger partial charge in [-0.25, -0.2) is 9.37 Å². The van der Waals surface area contributed by atoms with E-state index in [1.54, 1.807) is 41.3 Å². The third kappa shape index (κ3) is 2.99. The molecule has 1 aromatic heterocycles. The van der Waals surface area contributed by atoms with E-state index >= 15 is 0 Å². The largest absolute Gasteiger partial charge is 0.324 e. The second kappa shape index (κ2) is 6.92. The summed E-state index contributed by atoms with van der Waals surface area (Å²) in [7, 11) is 0. The summed E-state index contributed by atoms with van der Waals surface area (Å²) in [6.07, 6.45) is 1.39. The molecule has 4 rings (SSSR count). The number of amides is 1. The van der Waals surface area contributed by atoms with Crippen LogP contribution in [-0.4, -0.2) is 32.7 Å². The summed E-state index contributed by atoms with van der Waals surface area (Å²) in [6, 6.07) is 13.5. The Morgan fingerprint density at radius 1 is 1.19 bits per heavy atom. The van der Waals surface area contributed by atoms with Gasteiger partial charge >= 0.3 is 0 Å². The first-order chi connectivity index (χ1) is 12.6. The van der Waals surface area contributed by atoms with Crippen molar-refractivity contribution >= 4 is 28.6 Å². The Labute approximate surface area is 153 Å². The van der Waals surface area contributed by atoms with Crippen molar-refractivity contribution in [3.05, 3.63) is 76.6 Å². The van der Waals surface area contributed by atoms with Crippen LogP contribution >= 0.6 is 11.8 Å². The monoisotopic (exact) mass is 369 g/mol. The fourth-order valence-corrected chi connectivity index (χ4v) is 4.41. The molecule has 3 aromatic rings. The number of halogens is 1. The molecule has 0 saturated carbocycles. The number of aromatic nitrogens is 2. The van der Waals surface area contributed by atoms with Gasteiger partial charge in [-0.15, -0.1) is 11.8 Å². The van der Waals surface area contributed by atoms with Crippen molar-refractivity contribution in [1.82, 2.24) is 14.5 Å². The van der Waals surface area contributed by atoms with Gasteiger partial charge in [0.15, 0.2) is 0 Å². The first-order valence-electron chi connectivity index (χ1n) is 8.25. The highest BCUT2D eigenvalue weighted by Gasteiger charge is 2.32. The van der Waals surface area contributed by atoms with Crippen LogP contribution in [0.25, 0.3) is 10.9 Å². The first-order valence-corrected chi connectivity index (χ1v) is 9.30. The van der Waals surface area contributed by atoms with E-state index in [0.717, 1.165) is 5.75 Å². The van der Waals surface area contributed by atoms with Crippen molar-refractivity contribution in [3.63, 3.8) is 0 Å². The lowest BCUT2D eigenvalue weighted by Crippen LogP contribution is -2.36. The second-order valence-corrected chi connectivity index (χ2v) is 7.21. The molecule has 0 N–H and O–H groups in total. The molecule has 0 spiro atoms. The minimum Gasteiger partial charge on any atom is -0.324 e. The van der Waals surface area contributed by atoms with E-state index in [4.69, 9.17) is 0 Å². The van der Waals surface area contributed by atoms with Crippen molar-refractivity contribution in [3.8, 4) is 0 Å². The van der Waals surface area contributed by atoms with Crippen molar-refractivity contribution in [2.45, 2.75) is 11.9 Å². The topological polar surface area (TPSA) is 55.2 Å². The molecule has 5 nitrogen and oxygen atoms in total. The fraction of sp³-hybridized carbons (Fsp3) is 0.211. The Morgan fingerprint density at radius 2 is 1.96 bits per heavy atom. The normalized spacial score (nSPS) is 17.0. The van der Waals surface area contributed by atoms with Gasteiger partial charge in [-0.05, 0) is 18.2 Å². The number of carbonyl (C=O) groups excluding carboxylic acids is 1. The predicted octanol–water partition coefficient (Wildman–Crippen LogP) is 2.81. The van der Waals surface area contributed by atoms with Crippen LogP contribution in [-0.2, 0) is 11.3 Å². The summed E-state index contributed by atoms with van der Waals surface area (Å²) >= 11 is 1.53. The number of hydrogen-bond acceptors (Lipinski definition) is 4. The number of fused-ring (bicyclic) bond motifs is 1. The molecule has 0 unspecified atom stereocenters. The quantitative estimate of drug-likeness (QED) is 0.712. The van der Waals surface area contributed by atoms with Crippen LogP contribution in [0.3, 0.4) is 0 Å².